The van der Waals surface area contributed by atoms with Crippen LogP contribution in [0.25, 0.3) is 16.6 Å². The van der Waals surface area contributed by atoms with Crippen LogP contribution in [0.3, 0.4) is 0 Å². The first-order valence-electron chi connectivity index (χ1n) is 8.05. The number of hydrogen-bond acceptors (Lipinski definition) is 4. The van der Waals surface area contributed by atoms with Crippen molar-refractivity contribution < 1.29 is 5.11 Å². The van der Waals surface area contributed by atoms with Crippen molar-refractivity contribution in [2.75, 3.05) is 30.4 Å². The molecule has 3 N–H and O–H groups in total. The number of aromatic nitrogens is 2. The smallest absolute Gasteiger partial charge is 0.145 e. The van der Waals surface area contributed by atoms with E-state index in [1.54, 1.807) is 4.90 Å². The number of fused-ring (bicyclic) bond motifs is 1. The van der Waals surface area contributed by atoms with E-state index in [9.17, 15) is 5.11 Å². The second-order valence-electron chi connectivity index (χ2n) is 6.27. The van der Waals surface area contributed by atoms with E-state index in [0.717, 1.165) is 22.4 Å². The van der Waals surface area contributed by atoms with Gasteiger partial charge in [0, 0.05) is 25.5 Å². The zero-order valence-corrected chi connectivity index (χ0v) is 14.1. The van der Waals surface area contributed by atoms with E-state index in [0.29, 0.717) is 11.4 Å². The molecule has 0 aliphatic carbocycles. The second kappa shape index (κ2) is 5.66. The molecule has 1 aliphatic rings. The molecule has 0 spiro atoms. The molecule has 1 aromatic heterocycles. The molecule has 6 nitrogen and oxygen atoms in total. The van der Waals surface area contributed by atoms with Crippen LogP contribution >= 0.6 is 0 Å². The predicted molar refractivity (Wildman–Crippen MR) is 101 cm³/mol. The number of hydrogen-bond donors (Lipinski definition) is 3. The molecule has 4 rings (SSSR count). The first kappa shape index (κ1) is 15.3. The number of H-pyrrole nitrogens is 1. The lowest BCUT2D eigenvalue weighted by Gasteiger charge is -2.20. The topological polar surface area (TPSA) is 79.2 Å². The number of anilines is 2. The molecule has 0 atom stereocenters. The maximum absolute atomic E-state index is 10.4. The molecular formula is C19H19N5O. The van der Waals surface area contributed by atoms with Gasteiger partial charge in [-0.25, -0.2) is 4.98 Å². The summed E-state index contributed by atoms with van der Waals surface area (Å²) >= 11 is 0. The van der Waals surface area contributed by atoms with Gasteiger partial charge in [0.1, 0.15) is 17.4 Å². The number of aliphatic hydroxyl groups excluding tert-OH is 1. The van der Waals surface area contributed by atoms with Gasteiger partial charge in [-0.15, -0.1) is 0 Å². The Kier molecular flexibility index (Phi) is 3.46. The predicted octanol–water partition coefficient (Wildman–Crippen LogP) is 3.40. The fourth-order valence-electron chi connectivity index (χ4n) is 3.05. The SMILES string of the molecule is CN(C)c1ccc(N2CC(O)=C(c3nc4ccccc4[nH]3)C2=N)cc1. The lowest BCUT2D eigenvalue weighted by atomic mass is 10.2. The highest BCUT2D eigenvalue weighted by molar-refractivity contribution is 6.30. The maximum atomic E-state index is 10.4. The molecule has 0 unspecified atom stereocenters. The van der Waals surface area contributed by atoms with Crippen molar-refractivity contribution in [2.24, 2.45) is 0 Å². The molecule has 0 amide bonds. The van der Waals surface area contributed by atoms with Gasteiger partial charge in [0.2, 0.25) is 0 Å². The summed E-state index contributed by atoms with van der Waals surface area (Å²) in [5.41, 5.74) is 4.11. The molecular weight excluding hydrogens is 314 g/mol. The fraction of sp³-hybridized carbons (Fsp3) is 0.158. The van der Waals surface area contributed by atoms with Crippen molar-refractivity contribution >= 4 is 33.8 Å². The molecule has 2 heterocycles. The van der Waals surface area contributed by atoms with Crippen LogP contribution in [0, 0.1) is 5.41 Å². The number of aromatic amines is 1. The quantitative estimate of drug-likeness (QED) is 0.686. The van der Waals surface area contributed by atoms with Crippen molar-refractivity contribution in [3.05, 3.63) is 60.1 Å². The Morgan fingerprint density at radius 1 is 1.12 bits per heavy atom. The summed E-state index contributed by atoms with van der Waals surface area (Å²) in [6.07, 6.45) is 0. The van der Waals surface area contributed by atoms with E-state index in [-0.39, 0.29) is 18.1 Å². The Hall–Kier alpha value is -3.28. The Balaban J connectivity index is 1.67. The lowest BCUT2D eigenvalue weighted by Crippen LogP contribution is -2.26. The summed E-state index contributed by atoms with van der Waals surface area (Å²) in [7, 11) is 3.97. The number of benzene rings is 2. The van der Waals surface area contributed by atoms with Gasteiger partial charge in [0.05, 0.1) is 23.2 Å². The van der Waals surface area contributed by atoms with Crippen molar-refractivity contribution in [3.8, 4) is 0 Å². The third-order valence-electron chi connectivity index (χ3n) is 4.41. The first-order chi connectivity index (χ1) is 12.0. The number of nitrogens with one attached hydrogen (secondary N) is 2. The van der Waals surface area contributed by atoms with Gasteiger partial charge in [0.15, 0.2) is 0 Å². The zero-order chi connectivity index (χ0) is 17.6. The monoisotopic (exact) mass is 333 g/mol. The van der Waals surface area contributed by atoms with E-state index in [4.69, 9.17) is 5.41 Å². The van der Waals surface area contributed by atoms with E-state index < -0.39 is 0 Å². The van der Waals surface area contributed by atoms with Crippen LogP contribution in [0.1, 0.15) is 5.82 Å². The summed E-state index contributed by atoms with van der Waals surface area (Å²) in [4.78, 5) is 11.5. The maximum Gasteiger partial charge on any atom is 0.145 e. The minimum Gasteiger partial charge on any atom is -0.509 e. The number of rotatable bonds is 3. The Bertz CT molecular complexity index is 951. The van der Waals surface area contributed by atoms with Crippen molar-refractivity contribution in [3.63, 3.8) is 0 Å². The normalized spacial score (nSPS) is 14.6. The van der Waals surface area contributed by atoms with Crippen molar-refractivity contribution in [1.82, 2.24) is 9.97 Å². The second-order valence-corrected chi connectivity index (χ2v) is 6.27. The van der Waals surface area contributed by atoms with Crippen molar-refractivity contribution in [1.29, 1.82) is 5.41 Å². The largest absolute Gasteiger partial charge is 0.509 e. The average molecular weight is 333 g/mol. The molecule has 6 heteroatoms. The van der Waals surface area contributed by atoms with Gasteiger partial charge in [-0.1, -0.05) is 12.1 Å². The van der Waals surface area contributed by atoms with E-state index >= 15 is 0 Å². The number of amidine groups is 1. The highest BCUT2D eigenvalue weighted by Crippen LogP contribution is 2.31. The van der Waals surface area contributed by atoms with E-state index in [2.05, 4.69) is 9.97 Å². The molecule has 25 heavy (non-hydrogen) atoms. The highest BCUT2D eigenvalue weighted by Gasteiger charge is 2.31. The molecule has 1 aliphatic heterocycles. The van der Waals surface area contributed by atoms with Gasteiger partial charge in [-0.2, -0.15) is 0 Å². The first-order valence-corrected chi connectivity index (χ1v) is 8.05. The van der Waals surface area contributed by atoms with E-state index in [1.165, 1.54) is 0 Å². The lowest BCUT2D eigenvalue weighted by molar-refractivity contribution is 0.411. The van der Waals surface area contributed by atoms with E-state index in [1.807, 2.05) is 67.5 Å². The third kappa shape index (κ3) is 2.52. The molecule has 0 fully saturated rings. The molecule has 0 saturated carbocycles. The molecule has 0 saturated heterocycles. The van der Waals surface area contributed by atoms with Gasteiger partial charge >= 0.3 is 0 Å². The molecule has 2 aromatic carbocycles. The van der Waals surface area contributed by atoms with Gasteiger partial charge in [-0.05, 0) is 36.4 Å². The molecule has 0 bridgehead atoms. The minimum atomic E-state index is 0.153. The minimum absolute atomic E-state index is 0.153. The summed E-state index contributed by atoms with van der Waals surface area (Å²) in [5.74, 6) is 0.922. The van der Waals surface area contributed by atoms with Crippen LogP contribution in [0.15, 0.2) is 54.3 Å². The highest BCUT2D eigenvalue weighted by atomic mass is 16.3. The zero-order valence-electron chi connectivity index (χ0n) is 14.1. The van der Waals surface area contributed by atoms with Crippen LogP contribution in [-0.2, 0) is 0 Å². The van der Waals surface area contributed by atoms with Gasteiger partial charge in [-0.3, -0.25) is 5.41 Å². The van der Waals surface area contributed by atoms with Crippen LogP contribution in [0.4, 0.5) is 11.4 Å². The van der Waals surface area contributed by atoms with Crippen LogP contribution in [0.5, 0.6) is 0 Å². The summed E-state index contributed by atoms with van der Waals surface area (Å²) < 4.78 is 0. The van der Waals surface area contributed by atoms with Crippen LogP contribution in [0.2, 0.25) is 0 Å². The Labute approximate surface area is 145 Å². The fourth-order valence-corrected chi connectivity index (χ4v) is 3.05. The molecule has 126 valence electrons. The third-order valence-corrected chi connectivity index (χ3v) is 4.41. The summed E-state index contributed by atoms with van der Waals surface area (Å²) in [6.45, 7) is 0.270. The van der Waals surface area contributed by atoms with Crippen LogP contribution < -0.4 is 9.80 Å². The van der Waals surface area contributed by atoms with Gasteiger partial charge in [0.25, 0.3) is 0 Å². The Morgan fingerprint density at radius 2 is 1.84 bits per heavy atom. The number of para-hydroxylation sites is 2. The number of imidazole rings is 1. The van der Waals surface area contributed by atoms with Crippen molar-refractivity contribution in [2.45, 2.75) is 0 Å². The Morgan fingerprint density at radius 3 is 2.52 bits per heavy atom. The standard InChI is InChI=1S/C19H19N5O/c1-23(2)12-7-9-13(10-8-12)24-11-16(25)17(18(24)20)19-21-14-5-3-4-6-15(14)22-19/h3-10,20,25H,11H2,1-2H3,(H,21,22). The molecule has 0 radical (unpaired) electrons. The van der Waals surface area contributed by atoms with Crippen LogP contribution in [-0.4, -0.2) is 41.6 Å². The number of aliphatic hydroxyl groups is 1. The van der Waals surface area contributed by atoms with Gasteiger partial charge < -0.3 is 19.9 Å². The average Bonchev–Trinajstić information content (AvgIpc) is 3.15. The summed E-state index contributed by atoms with van der Waals surface area (Å²) in [6, 6.07) is 15.6. The molecule has 3 aromatic rings. The number of nitrogens with zero attached hydrogens (tertiary/aromatic N) is 3. The summed E-state index contributed by atoms with van der Waals surface area (Å²) in [5, 5.41) is 19.0.